The minimum atomic E-state index is -0.163. The lowest BCUT2D eigenvalue weighted by Gasteiger charge is -2.30. The van der Waals surface area contributed by atoms with E-state index < -0.39 is 0 Å². The zero-order chi connectivity index (χ0) is 12.8. The molecule has 3 heteroatoms. The van der Waals surface area contributed by atoms with E-state index in [-0.39, 0.29) is 5.54 Å². The lowest BCUT2D eigenvalue weighted by atomic mass is 9.92. The first-order chi connectivity index (χ1) is 8.68. The van der Waals surface area contributed by atoms with Crippen LogP contribution in [-0.2, 0) is 4.79 Å². The second-order valence-electron chi connectivity index (χ2n) is 6.57. The van der Waals surface area contributed by atoms with Crippen LogP contribution in [0.1, 0.15) is 58.8 Å². The standard InChI is InChI=1S/C15H26N2O/c1-3-12-6-7-13(11(12)2)17-10-16-15(14(17)18)8-4-5-9-15/h11-13,16H,3-10H2,1-2H3. The summed E-state index contributed by atoms with van der Waals surface area (Å²) in [6.07, 6.45) is 8.32. The fourth-order valence-corrected chi connectivity index (χ4v) is 4.54. The molecule has 0 aromatic rings. The normalized spacial score (nSPS) is 39.1. The third-order valence-corrected chi connectivity index (χ3v) is 5.82. The number of rotatable bonds is 2. The molecule has 2 aliphatic carbocycles. The van der Waals surface area contributed by atoms with E-state index in [1.165, 1.54) is 32.1 Å². The summed E-state index contributed by atoms with van der Waals surface area (Å²) in [6, 6.07) is 0.495. The molecule has 1 heterocycles. The summed E-state index contributed by atoms with van der Waals surface area (Å²) in [5, 5.41) is 3.54. The van der Waals surface area contributed by atoms with Gasteiger partial charge in [-0.1, -0.05) is 33.1 Å². The summed E-state index contributed by atoms with van der Waals surface area (Å²) in [6.45, 7) is 5.43. The van der Waals surface area contributed by atoms with Crippen molar-refractivity contribution >= 4 is 5.91 Å². The topological polar surface area (TPSA) is 32.3 Å². The molecule has 3 fully saturated rings. The smallest absolute Gasteiger partial charge is 0.244 e. The maximum atomic E-state index is 12.7. The van der Waals surface area contributed by atoms with Crippen molar-refractivity contribution in [2.24, 2.45) is 11.8 Å². The molecule has 3 atom stereocenters. The van der Waals surface area contributed by atoms with Crippen molar-refractivity contribution in [3.8, 4) is 0 Å². The molecular formula is C15H26N2O. The zero-order valence-electron chi connectivity index (χ0n) is 11.7. The Balaban J connectivity index is 1.73. The number of nitrogens with one attached hydrogen (secondary N) is 1. The number of hydrogen-bond donors (Lipinski definition) is 1. The first kappa shape index (κ1) is 12.5. The molecule has 2 saturated carbocycles. The number of carbonyl (C=O) groups excluding carboxylic acids is 1. The van der Waals surface area contributed by atoms with E-state index in [2.05, 4.69) is 24.1 Å². The maximum absolute atomic E-state index is 12.7. The Morgan fingerprint density at radius 2 is 2.06 bits per heavy atom. The van der Waals surface area contributed by atoms with Crippen LogP contribution < -0.4 is 5.32 Å². The zero-order valence-corrected chi connectivity index (χ0v) is 11.7. The Bertz CT molecular complexity index is 335. The lowest BCUT2D eigenvalue weighted by molar-refractivity contribution is -0.134. The predicted octanol–water partition coefficient (Wildman–Crippen LogP) is 2.51. The van der Waals surface area contributed by atoms with Crippen molar-refractivity contribution in [2.45, 2.75) is 70.4 Å². The van der Waals surface area contributed by atoms with Gasteiger partial charge in [0.1, 0.15) is 0 Å². The molecule has 1 saturated heterocycles. The van der Waals surface area contributed by atoms with E-state index in [1.807, 2.05) is 0 Å². The summed E-state index contributed by atoms with van der Waals surface area (Å²) in [5.41, 5.74) is -0.163. The summed E-state index contributed by atoms with van der Waals surface area (Å²) in [4.78, 5) is 14.9. The molecule has 102 valence electrons. The van der Waals surface area contributed by atoms with E-state index in [0.29, 0.717) is 17.9 Å². The molecule has 1 aliphatic heterocycles. The van der Waals surface area contributed by atoms with Crippen LogP contribution in [0.2, 0.25) is 0 Å². The van der Waals surface area contributed by atoms with E-state index >= 15 is 0 Å². The number of hydrogen-bond acceptors (Lipinski definition) is 2. The van der Waals surface area contributed by atoms with E-state index in [1.54, 1.807) is 0 Å². The molecule has 0 radical (unpaired) electrons. The molecule has 3 unspecified atom stereocenters. The number of carbonyl (C=O) groups is 1. The monoisotopic (exact) mass is 250 g/mol. The molecular weight excluding hydrogens is 224 g/mol. The van der Waals surface area contributed by atoms with E-state index in [0.717, 1.165) is 25.4 Å². The van der Waals surface area contributed by atoms with Gasteiger partial charge in [-0.15, -0.1) is 0 Å². The van der Waals surface area contributed by atoms with Gasteiger partial charge >= 0.3 is 0 Å². The highest BCUT2D eigenvalue weighted by Crippen LogP contribution is 2.41. The van der Waals surface area contributed by atoms with Crippen LogP contribution in [0.3, 0.4) is 0 Å². The van der Waals surface area contributed by atoms with Gasteiger partial charge in [-0.05, 0) is 37.5 Å². The Hall–Kier alpha value is -0.570. The molecule has 3 aliphatic rings. The minimum absolute atomic E-state index is 0.163. The van der Waals surface area contributed by atoms with Gasteiger partial charge in [-0.3, -0.25) is 10.1 Å². The van der Waals surface area contributed by atoms with Crippen LogP contribution >= 0.6 is 0 Å². The molecule has 3 nitrogen and oxygen atoms in total. The van der Waals surface area contributed by atoms with Crippen molar-refractivity contribution in [1.29, 1.82) is 0 Å². The molecule has 1 spiro atoms. The Morgan fingerprint density at radius 1 is 1.33 bits per heavy atom. The quantitative estimate of drug-likeness (QED) is 0.816. The SMILES string of the molecule is CCC1CCC(N2CNC3(CCCC3)C2=O)C1C. The summed E-state index contributed by atoms with van der Waals surface area (Å²) < 4.78 is 0. The van der Waals surface area contributed by atoms with Gasteiger partial charge in [0, 0.05) is 6.04 Å². The van der Waals surface area contributed by atoms with Crippen LogP contribution in [0.15, 0.2) is 0 Å². The van der Waals surface area contributed by atoms with Crippen molar-refractivity contribution in [1.82, 2.24) is 10.2 Å². The fourth-order valence-electron chi connectivity index (χ4n) is 4.54. The summed E-state index contributed by atoms with van der Waals surface area (Å²) in [7, 11) is 0. The van der Waals surface area contributed by atoms with Crippen LogP contribution in [0.25, 0.3) is 0 Å². The Kier molecular flexibility index (Phi) is 3.13. The lowest BCUT2D eigenvalue weighted by Crippen LogP contribution is -2.46. The number of amides is 1. The Morgan fingerprint density at radius 3 is 2.67 bits per heavy atom. The first-order valence-corrected chi connectivity index (χ1v) is 7.74. The highest BCUT2D eigenvalue weighted by atomic mass is 16.2. The van der Waals surface area contributed by atoms with Gasteiger partial charge in [-0.25, -0.2) is 0 Å². The van der Waals surface area contributed by atoms with Gasteiger partial charge in [0.15, 0.2) is 0 Å². The van der Waals surface area contributed by atoms with Gasteiger partial charge in [0.05, 0.1) is 12.2 Å². The highest BCUT2D eigenvalue weighted by molar-refractivity contribution is 5.89. The van der Waals surface area contributed by atoms with Crippen molar-refractivity contribution in [3.05, 3.63) is 0 Å². The maximum Gasteiger partial charge on any atom is 0.244 e. The van der Waals surface area contributed by atoms with Crippen molar-refractivity contribution in [3.63, 3.8) is 0 Å². The van der Waals surface area contributed by atoms with Gasteiger partial charge in [-0.2, -0.15) is 0 Å². The van der Waals surface area contributed by atoms with Gasteiger partial charge in [0.25, 0.3) is 0 Å². The van der Waals surface area contributed by atoms with Crippen LogP contribution in [0, 0.1) is 11.8 Å². The van der Waals surface area contributed by atoms with Crippen LogP contribution in [0.5, 0.6) is 0 Å². The molecule has 0 aromatic carbocycles. The predicted molar refractivity (Wildman–Crippen MR) is 72.0 cm³/mol. The van der Waals surface area contributed by atoms with Crippen molar-refractivity contribution < 1.29 is 4.79 Å². The number of nitrogens with zero attached hydrogens (tertiary/aromatic N) is 1. The second-order valence-corrected chi connectivity index (χ2v) is 6.57. The second kappa shape index (κ2) is 4.52. The third kappa shape index (κ3) is 1.70. The van der Waals surface area contributed by atoms with Crippen molar-refractivity contribution in [2.75, 3.05) is 6.67 Å². The van der Waals surface area contributed by atoms with Crippen LogP contribution in [-0.4, -0.2) is 29.1 Å². The average molecular weight is 250 g/mol. The first-order valence-electron chi connectivity index (χ1n) is 7.74. The third-order valence-electron chi connectivity index (χ3n) is 5.82. The molecule has 0 aromatic heterocycles. The summed E-state index contributed by atoms with van der Waals surface area (Å²) in [5.74, 6) is 1.91. The highest BCUT2D eigenvalue weighted by Gasteiger charge is 2.51. The minimum Gasteiger partial charge on any atom is -0.325 e. The van der Waals surface area contributed by atoms with E-state index in [9.17, 15) is 4.79 Å². The fraction of sp³-hybridized carbons (Fsp3) is 0.933. The van der Waals surface area contributed by atoms with Gasteiger partial charge < -0.3 is 4.90 Å². The van der Waals surface area contributed by atoms with E-state index in [4.69, 9.17) is 0 Å². The van der Waals surface area contributed by atoms with Gasteiger partial charge in [0.2, 0.25) is 5.91 Å². The molecule has 1 amide bonds. The summed E-state index contributed by atoms with van der Waals surface area (Å²) >= 11 is 0. The largest absolute Gasteiger partial charge is 0.325 e. The molecule has 3 rings (SSSR count). The average Bonchev–Trinajstić information content (AvgIpc) is 3.05. The molecule has 18 heavy (non-hydrogen) atoms. The molecule has 0 bridgehead atoms. The Labute approximate surface area is 110 Å². The van der Waals surface area contributed by atoms with Crippen LogP contribution in [0.4, 0.5) is 0 Å². The molecule has 1 N–H and O–H groups in total.